The molecule has 1 fully saturated rings. The van der Waals surface area contributed by atoms with Crippen LogP contribution in [0.4, 0.5) is 17.1 Å². The Balaban J connectivity index is 1.66. The maximum absolute atomic E-state index is 12.2. The van der Waals surface area contributed by atoms with Crippen molar-refractivity contribution in [2.75, 3.05) is 22.1 Å². The van der Waals surface area contributed by atoms with Gasteiger partial charge in [-0.2, -0.15) is 0 Å². The van der Waals surface area contributed by atoms with Crippen LogP contribution >= 0.6 is 11.6 Å². The van der Waals surface area contributed by atoms with Crippen LogP contribution in [0.5, 0.6) is 0 Å². The minimum atomic E-state index is -0.797. The van der Waals surface area contributed by atoms with E-state index in [1.807, 2.05) is 13.0 Å². The average Bonchev–Trinajstić information content (AvgIpc) is 2.65. The SMILES string of the molecule is Cc1ccc(NC(=O)C(=O)Nc2cccc(N3CCCCC3=O)c2)cc1Cl. The summed E-state index contributed by atoms with van der Waals surface area (Å²) in [6.07, 6.45) is 2.37. The lowest BCUT2D eigenvalue weighted by Crippen LogP contribution is -2.35. The maximum Gasteiger partial charge on any atom is 0.314 e. The molecule has 140 valence electrons. The van der Waals surface area contributed by atoms with E-state index in [1.54, 1.807) is 41.3 Å². The number of benzene rings is 2. The van der Waals surface area contributed by atoms with Crippen LogP contribution in [0.2, 0.25) is 5.02 Å². The first-order chi connectivity index (χ1) is 12.9. The molecular weight excluding hydrogens is 366 g/mol. The number of amides is 3. The van der Waals surface area contributed by atoms with Gasteiger partial charge in [-0.05, 0) is 55.7 Å². The van der Waals surface area contributed by atoms with Crippen LogP contribution in [0.15, 0.2) is 42.5 Å². The van der Waals surface area contributed by atoms with Crippen LogP contribution in [0.3, 0.4) is 0 Å². The summed E-state index contributed by atoms with van der Waals surface area (Å²) >= 11 is 6.03. The van der Waals surface area contributed by atoms with Crippen LogP contribution in [0, 0.1) is 6.92 Å². The van der Waals surface area contributed by atoms with Gasteiger partial charge in [0, 0.05) is 35.1 Å². The highest BCUT2D eigenvalue weighted by molar-refractivity contribution is 6.43. The van der Waals surface area contributed by atoms with E-state index in [-0.39, 0.29) is 5.91 Å². The third kappa shape index (κ3) is 4.65. The molecule has 27 heavy (non-hydrogen) atoms. The molecular formula is C20H20ClN3O3. The summed E-state index contributed by atoms with van der Waals surface area (Å²) in [5.74, 6) is -1.53. The Morgan fingerprint density at radius 2 is 1.70 bits per heavy atom. The first-order valence-corrected chi connectivity index (χ1v) is 9.11. The van der Waals surface area contributed by atoms with E-state index in [1.165, 1.54) is 0 Å². The first-order valence-electron chi connectivity index (χ1n) is 8.73. The number of hydrogen-bond donors (Lipinski definition) is 2. The largest absolute Gasteiger partial charge is 0.318 e. The predicted octanol–water partition coefficient (Wildman–Crippen LogP) is 3.74. The lowest BCUT2D eigenvalue weighted by atomic mass is 10.1. The molecule has 0 bridgehead atoms. The molecule has 3 rings (SSSR count). The number of hydrogen-bond acceptors (Lipinski definition) is 3. The lowest BCUT2D eigenvalue weighted by molar-refractivity contribution is -0.132. The topological polar surface area (TPSA) is 78.5 Å². The molecule has 0 unspecified atom stereocenters. The van der Waals surface area contributed by atoms with Gasteiger partial charge in [0.15, 0.2) is 0 Å². The summed E-state index contributed by atoms with van der Waals surface area (Å²) in [5, 5.41) is 5.58. The monoisotopic (exact) mass is 385 g/mol. The Kier molecular flexibility index (Phi) is 5.76. The lowest BCUT2D eigenvalue weighted by Gasteiger charge is -2.27. The van der Waals surface area contributed by atoms with Crippen molar-refractivity contribution in [2.45, 2.75) is 26.2 Å². The molecule has 2 aromatic rings. The van der Waals surface area contributed by atoms with Crippen LogP contribution < -0.4 is 15.5 Å². The van der Waals surface area contributed by atoms with Crippen LogP contribution in [0.1, 0.15) is 24.8 Å². The van der Waals surface area contributed by atoms with E-state index in [9.17, 15) is 14.4 Å². The molecule has 1 heterocycles. The van der Waals surface area contributed by atoms with Gasteiger partial charge < -0.3 is 15.5 Å². The van der Waals surface area contributed by atoms with E-state index < -0.39 is 11.8 Å². The van der Waals surface area contributed by atoms with Gasteiger partial charge in [0.05, 0.1) is 0 Å². The Bertz CT molecular complexity index is 898. The zero-order valence-electron chi connectivity index (χ0n) is 14.9. The number of carbonyl (C=O) groups excluding carboxylic acids is 3. The molecule has 6 nitrogen and oxygen atoms in total. The van der Waals surface area contributed by atoms with Gasteiger partial charge in [0.25, 0.3) is 0 Å². The highest BCUT2D eigenvalue weighted by atomic mass is 35.5. The second kappa shape index (κ2) is 8.22. The molecule has 2 aromatic carbocycles. The van der Waals surface area contributed by atoms with E-state index >= 15 is 0 Å². The summed E-state index contributed by atoms with van der Waals surface area (Å²) < 4.78 is 0. The number of carbonyl (C=O) groups is 3. The predicted molar refractivity (Wildman–Crippen MR) is 106 cm³/mol. The standard InChI is InChI=1S/C20H20ClN3O3/c1-13-8-9-15(12-17(13)21)23-20(27)19(26)22-14-5-4-6-16(11-14)24-10-3-2-7-18(24)25/h4-6,8-9,11-12H,2-3,7,10H2,1H3,(H,22,26)(H,23,27). The maximum atomic E-state index is 12.2. The van der Waals surface area contributed by atoms with Crippen molar-refractivity contribution in [2.24, 2.45) is 0 Å². The molecule has 2 N–H and O–H groups in total. The fraction of sp³-hybridized carbons (Fsp3) is 0.250. The van der Waals surface area contributed by atoms with Crippen molar-refractivity contribution in [3.8, 4) is 0 Å². The van der Waals surface area contributed by atoms with Gasteiger partial charge in [0.1, 0.15) is 0 Å². The minimum absolute atomic E-state index is 0.0683. The van der Waals surface area contributed by atoms with Crippen molar-refractivity contribution >= 4 is 46.4 Å². The quantitative estimate of drug-likeness (QED) is 0.790. The summed E-state index contributed by atoms with van der Waals surface area (Å²) in [6, 6.07) is 11.9. The molecule has 0 aliphatic carbocycles. The zero-order valence-corrected chi connectivity index (χ0v) is 15.7. The number of halogens is 1. The third-order valence-corrected chi connectivity index (χ3v) is 4.78. The van der Waals surface area contributed by atoms with E-state index in [0.717, 1.165) is 18.4 Å². The van der Waals surface area contributed by atoms with Crippen molar-refractivity contribution in [1.29, 1.82) is 0 Å². The molecule has 0 atom stereocenters. The Hall–Kier alpha value is -2.86. The Morgan fingerprint density at radius 3 is 2.37 bits per heavy atom. The van der Waals surface area contributed by atoms with E-state index in [2.05, 4.69) is 10.6 Å². The summed E-state index contributed by atoms with van der Waals surface area (Å²) in [7, 11) is 0. The molecule has 0 aromatic heterocycles. The van der Waals surface area contributed by atoms with Crippen LogP contribution in [-0.2, 0) is 14.4 Å². The van der Waals surface area contributed by atoms with Gasteiger partial charge in [0.2, 0.25) is 5.91 Å². The second-order valence-electron chi connectivity index (χ2n) is 6.43. The minimum Gasteiger partial charge on any atom is -0.318 e. The number of aryl methyl sites for hydroxylation is 1. The summed E-state index contributed by atoms with van der Waals surface area (Å²) in [6.45, 7) is 2.51. The van der Waals surface area contributed by atoms with Gasteiger partial charge in [-0.3, -0.25) is 14.4 Å². The molecule has 1 saturated heterocycles. The normalized spacial score (nSPS) is 14.0. The summed E-state index contributed by atoms with van der Waals surface area (Å²) in [5.41, 5.74) is 2.48. The van der Waals surface area contributed by atoms with E-state index in [0.29, 0.717) is 35.1 Å². The Labute approximate surface area is 162 Å². The molecule has 0 radical (unpaired) electrons. The second-order valence-corrected chi connectivity index (χ2v) is 6.83. The van der Waals surface area contributed by atoms with Gasteiger partial charge in [-0.15, -0.1) is 0 Å². The molecule has 0 saturated carbocycles. The third-order valence-electron chi connectivity index (χ3n) is 4.38. The molecule has 1 aliphatic rings. The van der Waals surface area contributed by atoms with Gasteiger partial charge in [-0.25, -0.2) is 0 Å². The fourth-order valence-corrected chi connectivity index (χ4v) is 3.06. The van der Waals surface area contributed by atoms with Crippen LogP contribution in [0.25, 0.3) is 0 Å². The first kappa shape index (κ1) is 18.9. The summed E-state index contributed by atoms with van der Waals surface area (Å²) in [4.78, 5) is 38.1. The molecule has 0 spiro atoms. The molecule has 1 aliphatic heterocycles. The number of piperidine rings is 1. The highest BCUT2D eigenvalue weighted by Crippen LogP contribution is 2.24. The average molecular weight is 386 g/mol. The number of nitrogens with zero attached hydrogens (tertiary/aromatic N) is 1. The van der Waals surface area contributed by atoms with Crippen molar-refractivity contribution in [1.82, 2.24) is 0 Å². The molecule has 7 heteroatoms. The van der Waals surface area contributed by atoms with Crippen LogP contribution in [-0.4, -0.2) is 24.3 Å². The van der Waals surface area contributed by atoms with Gasteiger partial charge in [-0.1, -0.05) is 23.7 Å². The van der Waals surface area contributed by atoms with Crippen molar-refractivity contribution in [3.05, 3.63) is 53.1 Å². The van der Waals surface area contributed by atoms with E-state index in [4.69, 9.17) is 11.6 Å². The Morgan fingerprint density at radius 1 is 1.00 bits per heavy atom. The van der Waals surface area contributed by atoms with Crippen molar-refractivity contribution < 1.29 is 14.4 Å². The van der Waals surface area contributed by atoms with Crippen molar-refractivity contribution in [3.63, 3.8) is 0 Å². The number of nitrogens with one attached hydrogen (secondary N) is 2. The number of anilines is 3. The van der Waals surface area contributed by atoms with Gasteiger partial charge >= 0.3 is 11.8 Å². The molecule has 3 amide bonds. The highest BCUT2D eigenvalue weighted by Gasteiger charge is 2.20. The smallest absolute Gasteiger partial charge is 0.314 e. The zero-order chi connectivity index (χ0) is 19.4. The fourth-order valence-electron chi connectivity index (χ4n) is 2.88. The number of rotatable bonds is 3.